The van der Waals surface area contributed by atoms with Crippen molar-refractivity contribution in [3.05, 3.63) is 73.2 Å². The van der Waals surface area contributed by atoms with Gasteiger partial charge in [-0.1, -0.05) is 0 Å². The fourth-order valence-electron chi connectivity index (χ4n) is 4.02. The van der Waals surface area contributed by atoms with E-state index in [1.54, 1.807) is 20.5 Å². The minimum Gasteiger partial charge on any atom is -0.497 e. The zero-order chi connectivity index (χ0) is 24.4. The van der Waals surface area contributed by atoms with Crippen LogP contribution in [-0.2, 0) is 13.6 Å². The highest BCUT2D eigenvalue weighted by Gasteiger charge is 2.15. The second-order valence-electron chi connectivity index (χ2n) is 8.27. The third-order valence-electron chi connectivity index (χ3n) is 5.82. The summed E-state index contributed by atoms with van der Waals surface area (Å²) in [4.78, 5) is 16.0. The largest absolute Gasteiger partial charge is 0.497 e. The number of aromatic nitrogens is 6. The van der Waals surface area contributed by atoms with Gasteiger partial charge in [0.2, 0.25) is 0 Å². The third kappa shape index (κ3) is 4.79. The summed E-state index contributed by atoms with van der Waals surface area (Å²) in [7, 11) is 5.29. The number of rotatable bonds is 8. The molecule has 3 aromatic heterocycles. The number of benzene rings is 2. The van der Waals surface area contributed by atoms with E-state index in [4.69, 9.17) is 14.5 Å². The third-order valence-corrected chi connectivity index (χ3v) is 5.82. The fraction of sp³-hybridized carbons (Fsp3) is 0.231. The van der Waals surface area contributed by atoms with E-state index in [0.717, 1.165) is 39.5 Å². The Kier molecular flexibility index (Phi) is 6.05. The Hall–Kier alpha value is -4.40. The van der Waals surface area contributed by atoms with Crippen LogP contribution in [-0.4, -0.2) is 50.1 Å². The van der Waals surface area contributed by atoms with E-state index in [-0.39, 0.29) is 0 Å². The van der Waals surface area contributed by atoms with Crippen molar-refractivity contribution in [3.63, 3.8) is 0 Å². The van der Waals surface area contributed by atoms with E-state index in [2.05, 4.69) is 32.1 Å². The van der Waals surface area contributed by atoms with Gasteiger partial charge in [0, 0.05) is 61.1 Å². The molecule has 0 saturated heterocycles. The Morgan fingerprint density at radius 3 is 2.37 bits per heavy atom. The maximum absolute atomic E-state index is 5.53. The SMILES string of the molecule is COc1cc(OC)cc(N(CCn2cnc(C)n2)c2ccc3ncc(-c4ccn(C)c4)nc3c2)c1. The van der Waals surface area contributed by atoms with Crippen LogP contribution in [0.25, 0.3) is 22.3 Å². The van der Waals surface area contributed by atoms with Crippen LogP contribution in [0.5, 0.6) is 11.5 Å². The van der Waals surface area contributed by atoms with Gasteiger partial charge in [0.15, 0.2) is 0 Å². The number of aryl methyl sites for hydroxylation is 2. The molecule has 0 amide bonds. The van der Waals surface area contributed by atoms with Crippen LogP contribution in [0.4, 0.5) is 11.4 Å². The predicted molar refractivity (Wildman–Crippen MR) is 135 cm³/mol. The molecule has 3 heterocycles. The van der Waals surface area contributed by atoms with Crippen LogP contribution in [0.3, 0.4) is 0 Å². The highest BCUT2D eigenvalue weighted by Crippen LogP contribution is 2.34. The molecule has 0 bridgehead atoms. The first kappa shape index (κ1) is 22.4. The molecular formula is C26H27N7O2. The highest BCUT2D eigenvalue weighted by atomic mass is 16.5. The number of fused-ring (bicyclic) bond motifs is 1. The van der Waals surface area contributed by atoms with Gasteiger partial charge in [-0.15, -0.1) is 0 Å². The molecule has 0 spiro atoms. The number of ether oxygens (including phenoxy) is 2. The Labute approximate surface area is 203 Å². The zero-order valence-corrected chi connectivity index (χ0v) is 20.2. The molecule has 2 aromatic carbocycles. The van der Waals surface area contributed by atoms with Gasteiger partial charge in [-0.05, 0) is 31.2 Å². The first-order chi connectivity index (χ1) is 17.0. The molecule has 5 rings (SSSR count). The lowest BCUT2D eigenvalue weighted by Gasteiger charge is -2.26. The molecule has 0 saturated carbocycles. The smallest absolute Gasteiger partial charge is 0.147 e. The monoisotopic (exact) mass is 469 g/mol. The molecule has 5 aromatic rings. The fourth-order valence-corrected chi connectivity index (χ4v) is 4.02. The van der Waals surface area contributed by atoms with Gasteiger partial charge in [-0.25, -0.2) is 9.97 Å². The summed E-state index contributed by atoms with van der Waals surface area (Å²) in [6, 6.07) is 14.0. The van der Waals surface area contributed by atoms with Crippen molar-refractivity contribution in [2.75, 3.05) is 25.7 Å². The molecule has 0 fully saturated rings. The quantitative estimate of drug-likeness (QED) is 0.333. The normalized spacial score (nSPS) is 11.1. The minimum absolute atomic E-state index is 0.647. The van der Waals surface area contributed by atoms with Crippen molar-refractivity contribution < 1.29 is 9.47 Å². The van der Waals surface area contributed by atoms with Crippen LogP contribution < -0.4 is 14.4 Å². The molecule has 0 aliphatic heterocycles. The van der Waals surface area contributed by atoms with Gasteiger partial charge in [0.25, 0.3) is 0 Å². The predicted octanol–water partition coefficient (Wildman–Crippen LogP) is 4.39. The molecule has 35 heavy (non-hydrogen) atoms. The highest BCUT2D eigenvalue weighted by molar-refractivity contribution is 5.82. The zero-order valence-electron chi connectivity index (χ0n) is 20.2. The average molecular weight is 470 g/mol. The maximum Gasteiger partial charge on any atom is 0.147 e. The molecule has 0 N–H and O–H groups in total. The molecule has 0 radical (unpaired) electrons. The van der Waals surface area contributed by atoms with E-state index in [1.807, 2.05) is 72.1 Å². The lowest BCUT2D eigenvalue weighted by atomic mass is 10.2. The molecule has 0 unspecified atom stereocenters. The first-order valence-electron chi connectivity index (χ1n) is 11.3. The van der Waals surface area contributed by atoms with Crippen LogP contribution in [0.15, 0.2) is 67.4 Å². The molecule has 0 atom stereocenters. The Morgan fingerprint density at radius 1 is 0.914 bits per heavy atom. The van der Waals surface area contributed by atoms with E-state index in [9.17, 15) is 0 Å². The molecule has 0 aliphatic carbocycles. The van der Waals surface area contributed by atoms with Crippen molar-refractivity contribution in [2.24, 2.45) is 7.05 Å². The summed E-state index contributed by atoms with van der Waals surface area (Å²) >= 11 is 0. The first-order valence-corrected chi connectivity index (χ1v) is 11.3. The van der Waals surface area contributed by atoms with Crippen molar-refractivity contribution in [1.29, 1.82) is 0 Å². The van der Waals surface area contributed by atoms with E-state index in [0.29, 0.717) is 24.6 Å². The average Bonchev–Trinajstić information content (AvgIpc) is 3.51. The van der Waals surface area contributed by atoms with Gasteiger partial charge < -0.3 is 18.9 Å². The van der Waals surface area contributed by atoms with Gasteiger partial charge in [-0.2, -0.15) is 5.10 Å². The lowest BCUT2D eigenvalue weighted by molar-refractivity contribution is 0.394. The van der Waals surface area contributed by atoms with Crippen LogP contribution in [0.2, 0.25) is 0 Å². The molecular weight excluding hydrogens is 442 g/mol. The number of hydrogen-bond acceptors (Lipinski definition) is 7. The van der Waals surface area contributed by atoms with Crippen molar-refractivity contribution in [2.45, 2.75) is 13.5 Å². The topological polar surface area (TPSA) is 83.1 Å². The second-order valence-corrected chi connectivity index (χ2v) is 8.27. The summed E-state index contributed by atoms with van der Waals surface area (Å²) < 4.78 is 14.9. The summed E-state index contributed by atoms with van der Waals surface area (Å²) in [5.41, 5.74) is 5.43. The summed E-state index contributed by atoms with van der Waals surface area (Å²) in [6.07, 6.45) is 7.60. The summed E-state index contributed by atoms with van der Waals surface area (Å²) in [6.45, 7) is 3.18. The van der Waals surface area contributed by atoms with Gasteiger partial charge >= 0.3 is 0 Å². The minimum atomic E-state index is 0.647. The van der Waals surface area contributed by atoms with Gasteiger partial charge in [-0.3, -0.25) is 9.67 Å². The Morgan fingerprint density at radius 2 is 1.71 bits per heavy atom. The Bertz CT molecular complexity index is 1450. The van der Waals surface area contributed by atoms with Gasteiger partial charge in [0.05, 0.1) is 43.7 Å². The van der Waals surface area contributed by atoms with Crippen molar-refractivity contribution in [1.82, 2.24) is 29.3 Å². The molecule has 9 heteroatoms. The number of hydrogen-bond donors (Lipinski definition) is 0. The van der Waals surface area contributed by atoms with Crippen LogP contribution in [0, 0.1) is 6.92 Å². The van der Waals surface area contributed by atoms with Crippen LogP contribution >= 0.6 is 0 Å². The van der Waals surface area contributed by atoms with Crippen LogP contribution in [0.1, 0.15) is 5.82 Å². The molecule has 9 nitrogen and oxygen atoms in total. The molecule has 0 aliphatic rings. The standard InChI is InChI=1S/C26H27N7O2/c1-18-28-17-32(30-18)9-10-33(21-11-22(34-3)14-23(12-21)35-4)20-5-6-24-25(13-20)29-26(15-27-24)19-7-8-31(2)16-19/h5-8,11-17H,9-10H2,1-4H3. The summed E-state index contributed by atoms with van der Waals surface area (Å²) in [5, 5.41) is 4.44. The summed E-state index contributed by atoms with van der Waals surface area (Å²) in [5.74, 6) is 2.18. The second kappa shape index (κ2) is 9.46. The Balaban J connectivity index is 1.57. The van der Waals surface area contributed by atoms with Crippen molar-refractivity contribution in [3.8, 4) is 22.8 Å². The van der Waals surface area contributed by atoms with E-state index >= 15 is 0 Å². The maximum atomic E-state index is 5.53. The van der Waals surface area contributed by atoms with E-state index < -0.39 is 0 Å². The molecule has 178 valence electrons. The lowest BCUT2D eigenvalue weighted by Crippen LogP contribution is -2.23. The van der Waals surface area contributed by atoms with Gasteiger partial charge in [0.1, 0.15) is 23.7 Å². The number of nitrogens with zero attached hydrogens (tertiary/aromatic N) is 7. The van der Waals surface area contributed by atoms with Crippen molar-refractivity contribution >= 4 is 22.4 Å². The van der Waals surface area contributed by atoms with E-state index in [1.165, 1.54) is 0 Å². The number of methoxy groups -OCH3 is 2. The number of anilines is 2.